The first kappa shape index (κ1) is 17.2. The second kappa shape index (κ2) is 7.51. The van der Waals surface area contributed by atoms with Crippen LogP contribution in [-0.2, 0) is 4.79 Å². The average Bonchev–Trinajstić information content (AvgIpc) is 2.61. The number of likely N-dealkylation sites (tertiary alicyclic amines) is 1. The van der Waals surface area contributed by atoms with Crippen molar-refractivity contribution < 1.29 is 9.59 Å². The van der Waals surface area contributed by atoms with Gasteiger partial charge in [0.05, 0.1) is 0 Å². The van der Waals surface area contributed by atoms with E-state index < -0.39 is 0 Å². The van der Waals surface area contributed by atoms with Crippen molar-refractivity contribution in [3.8, 4) is 0 Å². The van der Waals surface area contributed by atoms with Crippen LogP contribution >= 0.6 is 0 Å². The summed E-state index contributed by atoms with van der Waals surface area (Å²) < 4.78 is 0. The van der Waals surface area contributed by atoms with Gasteiger partial charge in [-0.2, -0.15) is 0 Å². The molecule has 2 aromatic rings. The van der Waals surface area contributed by atoms with Crippen LogP contribution in [0.3, 0.4) is 0 Å². The highest BCUT2D eigenvalue weighted by atomic mass is 16.2. The van der Waals surface area contributed by atoms with Gasteiger partial charge in [-0.05, 0) is 51.0 Å². The van der Waals surface area contributed by atoms with Gasteiger partial charge in [-0.25, -0.2) is 0 Å². The third kappa shape index (κ3) is 4.27. The summed E-state index contributed by atoms with van der Waals surface area (Å²) in [6.45, 7) is 5.26. The number of rotatable bonds is 3. The highest BCUT2D eigenvalue weighted by Crippen LogP contribution is 2.21. The Morgan fingerprint density at radius 1 is 0.960 bits per heavy atom. The van der Waals surface area contributed by atoms with Crippen molar-refractivity contribution in [2.75, 3.05) is 18.4 Å². The summed E-state index contributed by atoms with van der Waals surface area (Å²) in [5.74, 6) is 0.0712. The minimum atomic E-state index is -0.0384. The fourth-order valence-electron chi connectivity index (χ4n) is 3.39. The molecule has 130 valence electrons. The van der Waals surface area contributed by atoms with E-state index in [9.17, 15) is 9.59 Å². The van der Waals surface area contributed by atoms with E-state index >= 15 is 0 Å². The highest BCUT2D eigenvalue weighted by molar-refractivity contribution is 5.95. The Labute approximate surface area is 148 Å². The summed E-state index contributed by atoms with van der Waals surface area (Å²) in [5.41, 5.74) is 3.76. The van der Waals surface area contributed by atoms with Crippen LogP contribution in [0, 0.1) is 19.8 Å². The zero-order chi connectivity index (χ0) is 17.8. The van der Waals surface area contributed by atoms with E-state index in [1.165, 1.54) is 0 Å². The Hall–Kier alpha value is -2.62. The molecule has 2 aromatic carbocycles. The van der Waals surface area contributed by atoms with Gasteiger partial charge < -0.3 is 10.2 Å². The molecule has 0 atom stereocenters. The van der Waals surface area contributed by atoms with Crippen molar-refractivity contribution in [1.29, 1.82) is 0 Å². The molecule has 0 unspecified atom stereocenters. The number of benzene rings is 2. The lowest BCUT2D eigenvalue weighted by Gasteiger charge is -2.31. The molecule has 25 heavy (non-hydrogen) atoms. The number of anilines is 1. The van der Waals surface area contributed by atoms with Gasteiger partial charge in [0.15, 0.2) is 0 Å². The van der Waals surface area contributed by atoms with E-state index in [0.717, 1.165) is 22.4 Å². The van der Waals surface area contributed by atoms with Crippen LogP contribution in [0.15, 0.2) is 48.5 Å². The van der Waals surface area contributed by atoms with Crippen molar-refractivity contribution in [2.24, 2.45) is 5.92 Å². The molecular weight excluding hydrogens is 312 g/mol. The largest absolute Gasteiger partial charge is 0.339 e. The Balaban J connectivity index is 1.58. The lowest BCUT2D eigenvalue weighted by atomic mass is 9.95. The number of hydrogen-bond acceptors (Lipinski definition) is 2. The second-order valence-electron chi connectivity index (χ2n) is 6.80. The van der Waals surface area contributed by atoms with Crippen LogP contribution in [0.5, 0.6) is 0 Å². The number of amides is 2. The van der Waals surface area contributed by atoms with E-state index in [-0.39, 0.29) is 17.7 Å². The Morgan fingerprint density at radius 2 is 1.56 bits per heavy atom. The van der Waals surface area contributed by atoms with Gasteiger partial charge in [0.1, 0.15) is 0 Å². The summed E-state index contributed by atoms with van der Waals surface area (Å²) in [4.78, 5) is 26.9. The second-order valence-corrected chi connectivity index (χ2v) is 6.80. The van der Waals surface area contributed by atoms with Crippen LogP contribution in [0.1, 0.15) is 34.3 Å². The van der Waals surface area contributed by atoms with Gasteiger partial charge >= 0.3 is 0 Å². The summed E-state index contributed by atoms with van der Waals surface area (Å²) in [7, 11) is 0. The lowest BCUT2D eigenvalue weighted by molar-refractivity contribution is -0.121. The molecule has 0 saturated carbocycles. The maximum atomic E-state index is 12.7. The number of nitrogens with one attached hydrogen (secondary N) is 1. The molecular formula is C21H24N2O2. The van der Waals surface area contributed by atoms with Crippen molar-refractivity contribution in [2.45, 2.75) is 26.7 Å². The fourth-order valence-corrected chi connectivity index (χ4v) is 3.39. The molecule has 1 aliphatic heterocycles. The Bertz CT molecular complexity index is 742. The summed E-state index contributed by atoms with van der Waals surface area (Å²) >= 11 is 0. The van der Waals surface area contributed by atoms with E-state index in [2.05, 4.69) is 11.4 Å². The molecule has 0 radical (unpaired) electrons. The third-order valence-electron chi connectivity index (χ3n) is 4.66. The van der Waals surface area contributed by atoms with Crippen LogP contribution in [0.2, 0.25) is 0 Å². The van der Waals surface area contributed by atoms with Crippen LogP contribution in [-0.4, -0.2) is 29.8 Å². The van der Waals surface area contributed by atoms with Gasteiger partial charge in [-0.3, -0.25) is 9.59 Å². The maximum Gasteiger partial charge on any atom is 0.253 e. The number of hydrogen-bond donors (Lipinski definition) is 1. The first-order valence-corrected chi connectivity index (χ1v) is 8.76. The predicted molar refractivity (Wildman–Crippen MR) is 99.6 cm³/mol. The molecule has 4 nitrogen and oxygen atoms in total. The molecule has 2 amide bonds. The molecule has 1 N–H and O–H groups in total. The monoisotopic (exact) mass is 336 g/mol. The molecule has 4 heteroatoms. The topological polar surface area (TPSA) is 49.4 Å². The number of carbonyl (C=O) groups is 2. The molecule has 1 saturated heterocycles. The van der Waals surface area contributed by atoms with Crippen LogP contribution in [0.25, 0.3) is 0 Å². The zero-order valence-electron chi connectivity index (χ0n) is 14.8. The minimum absolute atomic E-state index is 0.0384. The van der Waals surface area contributed by atoms with Crippen LogP contribution < -0.4 is 5.32 Å². The van der Waals surface area contributed by atoms with E-state index in [0.29, 0.717) is 25.9 Å². The lowest BCUT2D eigenvalue weighted by Crippen LogP contribution is -2.41. The van der Waals surface area contributed by atoms with E-state index in [4.69, 9.17) is 0 Å². The standard InChI is InChI=1S/C21H24N2O2/c1-15-12-16(2)14-18(13-15)21(25)23-10-8-17(9-11-23)20(24)22-19-6-4-3-5-7-19/h3-7,12-14,17H,8-11H2,1-2H3,(H,22,24). The third-order valence-corrected chi connectivity index (χ3v) is 4.66. The van der Waals surface area contributed by atoms with Crippen molar-refractivity contribution in [3.63, 3.8) is 0 Å². The number of piperidine rings is 1. The van der Waals surface area contributed by atoms with Crippen molar-refractivity contribution in [3.05, 3.63) is 65.2 Å². The molecule has 3 rings (SSSR count). The molecule has 0 aromatic heterocycles. The maximum absolute atomic E-state index is 12.7. The Morgan fingerprint density at radius 3 is 2.16 bits per heavy atom. The van der Waals surface area contributed by atoms with Gasteiger partial charge in [-0.1, -0.05) is 35.4 Å². The minimum Gasteiger partial charge on any atom is -0.339 e. The van der Waals surface area contributed by atoms with Gasteiger partial charge in [0, 0.05) is 30.3 Å². The number of carbonyl (C=O) groups excluding carboxylic acids is 2. The van der Waals surface area contributed by atoms with E-state index in [1.807, 2.05) is 61.2 Å². The molecule has 0 spiro atoms. The molecule has 0 bridgehead atoms. The molecule has 1 heterocycles. The molecule has 0 aliphatic carbocycles. The smallest absolute Gasteiger partial charge is 0.253 e. The first-order chi connectivity index (χ1) is 12.0. The van der Waals surface area contributed by atoms with Gasteiger partial charge in [0.25, 0.3) is 5.91 Å². The summed E-state index contributed by atoms with van der Waals surface area (Å²) in [6.07, 6.45) is 1.41. The van der Waals surface area contributed by atoms with E-state index in [1.54, 1.807) is 0 Å². The molecule has 1 fully saturated rings. The summed E-state index contributed by atoms with van der Waals surface area (Å²) in [5, 5.41) is 2.96. The SMILES string of the molecule is Cc1cc(C)cc(C(=O)N2CCC(C(=O)Nc3ccccc3)CC2)c1. The number of aryl methyl sites for hydroxylation is 2. The number of nitrogens with zero attached hydrogens (tertiary/aromatic N) is 1. The van der Waals surface area contributed by atoms with Crippen LogP contribution in [0.4, 0.5) is 5.69 Å². The fraction of sp³-hybridized carbons (Fsp3) is 0.333. The zero-order valence-corrected chi connectivity index (χ0v) is 14.8. The average molecular weight is 336 g/mol. The van der Waals surface area contributed by atoms with Crippen molar-refractivity contribution >= 4 is 17.5 Å². The number of para-hydroxylation sites is 1. The van der Waals surface area contributed by atoms with Gasteiger partial charge in [0.2, 0.25) is 5.91 Å². The highest BCUT2D eigenvalue weighted by Gasteiger charge is 2.28. The molecule has 1 aliphatic rings. The van der Waals surface area contributed by atoms with Crippen molar-refractivity contribution in [1.82, 2.24) is 4.90 Å². The first-order valence-electron chi connectivity index (χ1n) is 8.76. The quantitative estimate of drug-likeness (QED) is 0.927. The summed E-state index contributed by atoms with van der Waals surface area (Å²) in [6, 6.07) is 15.4. The predicted octanol–water partition coefficient (Wildman–Crippen LogP) is 3.79. The normalized spacial score (nSPS) is 15.0. The Kier molecular flexibility index (Phi) is 5.17. The van der Waals surface area contributed by atoms with Gasteiger partial charge in [-0.15, -0.1) is 0 Å².